The van der Waals surface area contributed by atoms with Gasteiger partial charge >= 0.3 is 0 Å². The number of rotatable bonds is 10. The predicted octanol–water partition coefficient (Wildman–Crippen LogP) is 3.06. The number of hydrogen-bond donors (Lipinski definition) is 2. The fourth-order valence-electron chi connectivity index (χ4n) is 3.14. The quantitative estimate of drug-likeness (QED) is 0.392. The molecule has 134 valence electrons. The molecular formula is C19H32N4O. The molecule has 0 spiro atoms. The molecule has 0 amide bonds. The van der Waals surface area contributed by atoms with E-state index >= 15 is 0 Å². The van der Waals surface area contributed by atoms with Gasteiger partial charge in [-0.3, -0.25) is 4.99 Å². The number of nitrogens with zero attached hydrogens (tertiary/aromatic N) is 2. The standard InChI is InChI=1S/C19H32N4O/c1-2-3-5-12-23-13-7-8-16-15-17(9-10-18(16)23)24-14-6-4-11-22-19(20)21/h9-10,15H,2-8,11-14H2,1H3,(H4,20,21,22). The Morgan fingerprint density at radius 2 is 2.08 bits per heavy atom. The molecule has 0 aromatic heterocycles. The summed E-state index contributed by atoms with van der Waals surface area (Å²) >= 11 is 0. The summed E-state index contributed by atoms with van der Waals surface area (Å²) < 4.78 is 5.88. The third kappa shape index (κ3) is 5.95. The van der Waals surface area contributed by atoms with E-state index in [9.17, 15) is 0 Å². The fourth-order valence-corrected chi connectivity index (χ4v) is 3.14. The van der Waals surface area contributed by atoms with Crippen LogP contribution in [0.15, 0.2) is 23.2 Å². The largest absolute Gasteiger partial charge is 0.494 e. The topological polar surface area (TPSA) is 76.9 Å². The van der Waals surface area contributed by atoms with E-state index in [2.05, 4.69) is 35.0 Å². The number of ether oxygens (including phenoxy) is 1. The maximum absolute atomic E-state index is 5.88. The van der Waals surface area contributed by atoms with E-state index in [0.717, 1.165) is 25.0 Å². The lowest BCUT2D eigenvalue weighted by Gasteiger charge is -2.31. The zero-order valence-electron chi connectivity index (χ0n) is 15.0. The molecule has 2 rings (SSSR count). The van der Waals surface area contributed by atoms with Crippen molar-refractivity contribution in [3.63, 3.8) is 0 Å². The van der Waals surface area contributed by atoms with E-state index in [1.807, 2.05) is 0 Å². The van der Waals surface area contributed by atoms with Gasteiger partial charge in [0.1, 0.15) is 5.75 Å². The first-order valence-electron chi connectivity index (χ1n) is 9.26. The molecule has 24 heavy (non-hydrogen) atoms. The molecule has 5 nitrogen and oxygen atoms in total. The highest BCUT2D eigenvalue weighted by Crippen LogP contribution is 2.30. The van der Waals surface area contributed by atoms with E-state index in [4.69, 9.17) is 16.2 Å². The summed E-state index contributed by atoms with van der Waals surface area (Å²) in [5.74, 6) is 1.14. The van der Waals surface area contributed by atoms with Crippen molar-refractivity contribution in [3.8, 4) is 5.75 Å². The maximum atomic E-state index is 5.88. The highest BCUT2D eigenvalue weighted by molar-refractivity contribution is 5.75. The molecule has 1 aliphatic heterocycles. The fraction of sp³-hybridized carbons (Fsp3) is 0.632. The zero-order chi connectivity index (χ0) is 17.2. The Morgan fingerprint density at radius 1 is 1.21 bits per heavy atom. The molecule has 0 bridgehead atoms. The summed E-state index contributed by atoms with van der Waals surface area (Å²) in [4.78, 5) is 6.51. The lowest BCUT2D eigenvalue weighted by molar-refractivity contribution is 0.307. The molecule has 0 atom stereocenters. The first-order chi connectivity index (χ1) is 11.7. The van der Waals surface area contributed by atoms with E-state index < -0.39 is 0 Å². The minimum absolute atomic E-state index is 0.161. The van der Waals surface area contributed by atoms with E-state index in [1.54, 1.807) is 0 Å². The molecule has 0 saturated heterocycles. The van der Waals surface area contributed by atoms with Gasteiger partial charge in [-0.25, -0.2) is 0 Å². The molecule has 0 saturated carbocycles. The summed E-state index contributed by atoms with van der Waals surface area (Å²) in [6.07, 6.45) is 8.15. The minimum atomic E-state index is 0.161. The van der Waals surface area contributed by atoms with E-state index in [1.165, 1.54) is 50.0 Å². The maximum Gasteiger partial charge on any atom is 0.185 e. The summed E-state index contributed by atoms with van der Waals surface area (Å²) in [7, 11) is 0. The molecule has 1 aromatic rings. The average Bonchev–Trinajstić information content (AvgIpc) is 2.58. The number of benzene rings is 1. The van der Waals surface area contributed by atoms with Gasteiger partial charge < -0.3 is 21.1 Å². The summed E-state index contributed by atoms with van der Waals surface area (Å²) in [6.45, 7) is 5.99. The van der Waals surface area contributed by atoms with Gasteiger partial charge in [-0.1, -0.05) is 19.8 Å². The molecule has 5 heteroatoms. The van der Waals surface area contributed by atoms with Gasteiger partial charge in [0.2, 0.25) is 0 Å². The lowest BCUT2D eigenvalue weighted by Crippen LogP contribution is -2.30. The molecule has 0 radical (unpaired) electrons. The number of aliphatic imine (C=N–C) groups is 1. The minimum Gasteiger partial charge on any atom is -0.494 e. The number of aryl methyl sites for hydroxylation is 1. The molecule has 0 fully saturated rings. The van der Waals surface area contributed by atoms with Gasteiger partial charge in [0.05, 0.1) is 6.61 Å². The molecule has 0 unspecified atom stereocenters. The lowest BCUT2D eigenvalue weighted by atomic mass is 10.0. The predicted molar refractivity (Wildman–Crippen MR) is 102 cm³/mol. The van der Waals surface area contributed by atoms with Crippen LogP contribution in [0.3, 0.4) is 0 Å². The highest BCUT2D eigenvalue weighted by atomic mass is 16.5. The molecular weight excluding hydrogens is 300 g/mol. The van der Waals surface area contributed by atoms with Crippen molar-refractivity contribution in [3.05, 3.63) is 23.8 Å². The third-order valence-electron chi connectivity index (χ3n) is 4.41. The smallest absolute Gasteiger partial charge is 0.185 e. The van der Waals surface area contributed by atoms with Crippen molar-refractivity contribution < 1.29 is 4.74 Å². The van der Waals surface area contributed by atoms with Gasteiger partial charge in [-0.05, 0) is 55.9 Å². The van der Waals surface area contributed by atoms with Crippen LogP contribution in [-0.4, -0.2) is 32.2 Å². The van der Waals surface area contributed by atoms with Gasteiger partial charge in [0.15, 0.2) is 5.96 Å². The third-order valence-corrected chi connectivity index (χ3v) is 4.41. The Bertz CT molecular complexity index is 526. The Morgan fingerprint density at radius 3 is 2.88 bits per heavy atom. The number of anilines is 1. The number of guanidine groups is 1. The normalized spacial score (nSPS) is 13.5. The van der Waals surface area contributed by atoms with Crippen LogP contribution in [0, 0.1) is 0 Å². The van der Waals surface area contributed by atoms with Gasteiger partial charge in [0, 0.05) is 25.3 Å². The summed E-state index contributed by atoms with van der Waals surface area (Å²) in [6, 6.07) is 6.56. The van der Waals surface area contributed by atoms with Crippen LogP contribution in [0.4, 0.5) is 5.69 Å². The Hall–Kier alpha value is -1.91. The molecule has 0 aliphatic carbocycles. The van der Waals surface area contributed by atoms with E-state index in [-0.39, 0.29) is 5.96 Å². The van der Waals surface area contributed by atoms with Crippen molar-refractivity contribution in [1.82, 2.24) is 0 Å². The monoisotopic (exact) mass is 332 g/mol. The molecule has 4 N–H and O–H groups in total. The van der Waals surface area contributed by atoms with Gasteiger partial charge in [-0.15, -0.1) is 0 Å². The Labute approximate surface area is 146 Å². The van der Waals surface area contributed by atoms with Crippen molar-refractivity contribution in [1.29, 1.82) is 0 Å². The average molecular weight is 332 g/mol. The van der Waals surface area contributed by atoms with Crippen LogP contribution in [0.2, 0.25) is 0 Å². The SMILES string of the molecule is CCCCCN1CCCc2cc(OCCCCN=C(N)N)ccc21. The van der Waals surface area contributed by atoms with Crippen LogP contribution in [0.5, 0.6) is 5.75 Å². The second-order valence-corrected chi connectivity index (χ2v) is 6.45. The van der Waals surface area contributed by atoms with Gasteiger partial charge in [-0.2, -0.15) is 0 Å². The van der Waals surface area contributed by atoms with Gasteiger partial charge in [0.25, 0.3) is 0 Å². The molecule has 1 aliphatic rings. The highest BCUT2D eigenvalue weighted by Gasteiger charge is 2.16. The van der Waals surface area contributed by atoms with Crippen LogP contribution in [0.25, 0.3) is 0 Å². The number of unbranched alkanes of at least 4 members (excludes halogenated alkanes) is 3. The second-order valence-electron chi connectivity index (χ2n) is 6.45. The first-order valence-corrected chi connectivity index (χ1v) is 9.26. The molecule has 1 aromatic carbocycles. The number of hydrogen-bond acceptors (Lipinski definition) is 3. The number of fused-ring (bicyclic) bond motifs is 1. The molecule has 1 heterocycles. The van der Waals surface area contributed by atoms with Crippen LogP contribution >= 0.6 is 0 Å². The second kappa shape index (κ2) is 10.1. The van der Waals surface area contributed by atoms with Crippen molar-refractivity contribution in [2.45, 2.75) is 51.9 Å². The zero-order valence-corrected chi connectivity index (χ0v) is 15.0. The number of nitrogens with two attached hydrogens (primary N) is 2. The van der Waals surface area contributed by atoms with Crippen molar-refractivity contribution >= 4 is 11.6 Å². The van der Waals surface area contributed by atoms with Crippen LogP contribution < -0.4 is 21.1 Å². The summed E-state index contributed by atoms with van der Waals surface area (Å²) in [5.41, 5.74) is 13.4. The summed E-state index contributed by atoms with van der Waals surface area (Å²) in [5, 5.41) is 0. The Kier molecular flexibility index (Phi) is 7.72. The first kappa shape index (κ1) is 18.4. The van der Waals surface area contributed by atoms with E-state index in [0.29, 0.717) is 13.2 Å². The van der Waals surface area contributed by atoms with Crippen molar-refractivity contribution in [2.75, 3.05) is 31.1 Å². The Balaban J connectivity index is 1.81. The van der Waals surface area contributed by atoms with Crippen LogP contribution in [0.1, 0.15) is 51.0 Å². The van der Waals surface area contributed by atoms with Crippen LogP contribution in [-0.2, 0) is 6.42 Å². The van der Waals surface area contributed by atoms with Crippen molar-refractivity contribution in [2.24, 2.45) is 16.5 Å².